The summed E-state index contributed by atoms with van der Waals surface area (Å²) in [6.45, 7) is 4.43. The van der Waals surface area contributed by atoms with Crippen molar-refractivity contribution in [2.24, 2.45) is 11.8 Å². The number of aromatic nitrogens is 2. The Balaban J connectivity index is 1.35. The third-order valence-electron chi connectivity index (χ3n) is 6.69. The highest BCUT2D eigenvalue weighted by Crippen LogP contribution is 2.42. The van der Waals surface area contributed by atoms with Gasteiger partial charge in [-0.3, -0.25) is 9.59 Å². The van der Waals surface area contributed by atoms with E-state index in [1.807, 2.05) is 36.1 Å². The lowest BCUT2D eigenvalue weighted by Crippen LogP contribution is -2.40. The van der Waals surface area contributed by atoms with Gasteiger partial charge in [0.25, 0.3) is 5.91 Å². The van der Waals surface area contributed by atoms with Gasteiger partial charge in [-0.2, -0.15) is 0 Å². The third-order valence-corrected chi connectivity index (χ3v) is 8.53. The normalized spacial score (nSPS) is 19.1. The summed E-state index contributed by atoms with van der Waals surface area (Å²) < 4.78 is 5.35. The highest BCUT2D eigenvalue weighted by Gasteiger charge is 2.33. The van der Waals surface area contributed by atoms with Crippen molar-refractivity contribution in [1.29, 1.82) is 0 Å². The van der Waals surface area contributed by atoms with Crippen LogP contribution in [0.4, 0.5) is 5.13 Å². The van der Waals surface area contributed by atoms with Crippen molar-refractivity contribution in [3.63, 3.8) is 0 Å². The van der Waals surface area contributed by atoms with Crippen molar-refractivity contribution < 1.29 is 14.3 Å². The maximum absolute atomic E-state index is 13.1. The Labute approximate surface area is 218 Å². The van der Waals surface area contributed by atoms with Crippen LogP contribution in [0, 0.1) is 11.8 Å². The number of amides is 2. The van der Waals surface area contributed by atoms with E-state index in [1.54, 1.807) is 16.8 Å². The summed E-state index contributed by atoms with van der Waals surface area (Å²) in [6.07, 6.45) is 9.37. The molecule has 1 aliphatic heterocycles. The van der Waals surface area contributed by atoms with Gasteiger partial charge in [0.1, 0.15) is 5.51 Å². The average Bonchev–Trinajstić information content (AvgIpc) is 3.62. The first kappa shape index (κ1) is 24.5. The lowest BCUT2D eigenvalue weighted by atomic mass is 9.78. The van der Waals surface area contributed by atoms with Gasteiger partial charge in [-0.15, -0.1) is 21.5 Å². The fraction of sp³-hybridized carbons (Fsp3) is 0.333. The molecule has 2 aliphatic rings. The van der Waals surface area contributed by atoms with E-state index in [9.17, 15) is 9.59 Å². The summed E-state index contributed by atoms with van der Waals surface area (Å²) >= 11 is 3.02. The molecule has 0 saturated carbocycles. The molecule has 1 aromatic carbocycles. The van der Waals surface area contributed by atoms with E-state index in [-0.39, 0.29) is 29.6 Å². The first-order valence-corrected chi connectivity index (χ1v) is 13.8. The van der Waals surface area contributed by atoms with Gasteiger partial charge < -0.3 is 15.0 Å². The maximum atomic E-state index is 13.1. The Bertz CT molecular complexity index is 1240. The maximum Gasteiger partial charge on any atom is 0.254 e. The molecule has 3 heterocycles. The minimum atomic E-state index is -0.255. The van der Waals surface area contributed by atoms with Gasteiger partial charge in [0, 0.05) is 40.2 Å². The number of hydrogen-bond acceptors (Lipinski definition) is 7. The minimum absolute atomic E-state index is 0.0278. The van der Waals surface area contributed by atoms with Gasteiger partial charge in [0.15, 0.2) is 0 Å². The van der Waals surface area contributed by atoms with Gasteiger partial charge in [-0.05, 0) is 42.2 Å². The molecular weight excluding hydrogens is 492 g/mol. The summed E-state index contributed by atoms with van der Waals surface area (Å²) in [5.41, 5.74) is 3.36. The lowest BCUT2D eigenvalue weighted by molar-refractivity contribution is -0.120. The second-order valence-corrected chi connectivity index (χ2v) is 10.9. The zero-order valence-corrected chi connectivity index (χ0v) is 21.6. The summed E-state index contributed by atoms with van der Waals surface area (Å²) in [7, 11) is 0. The van der Waals surface area contributed by atoms with Gasteiger partial charge in [0.05, 0.1) is 13.2 Å². The van der Waals surface area contributed by atoms with Crippen molar-refractivity contribution in [2.45, 2.75) is 19.3 Å². The molecule has 3 atom stereocenters. The number of rotatable bonds is 7. The predicted molar refractivity (Wildman–Crippen MR) is 143 cm³/mol. The quantitative estimate of drug-likeness (QED) is 0.461. The molecule has 36 heavy (non-hydrogen) atoms. The number of ether oxygens (including phenoxy) is 1. The van der Waals surface area contributed by atoms with Crippen molar-refractivity contribution in [3.8, 4) is 10.4 Å². The third kappa shape index (κ3) is 5.48. The van der Waals surface area contributed by atoms with E-state index in [0.29, 0.717) is 37.0 Å². The van der Waals surface area contributed by atoms with E-state index in [2.05, 4.69) is 52.0 Å². The number of carbonyl (C=O) groups is 2. The molecule has 186 valence electrons. The van der Waals surface area contributed by atoms with Crippen LogP contribution >= 0.6 is 22.7 Å². The van der Waals surface area contributed by atoms with Gasteiger partial charge in [0.2, 0.25) is 11.0 Å². The summed E-state index contributed by atoms with van der Waals surface area (Å²) in [5, 5.41) is 11.2. The van der Waals surface area contributed by atoms with Crippen LogP contribution in [0.15, 0.2) is 66.2 Å². The second-order valence-electron chi connectivity index (χ2n) is 8.94. The molecule has 2 amide bonds. The Hall–Kier alpha value is -3.14. The van der Waals surface area contributed by atoms with Gasteiger partial charge in [-0.25, -0.2) is 0 Å². The highest BCUT2D eigenvalue weighted by atomic mass is 32.1. The number of nitrogens with one attached hydrogen (secondary N) is 1. The number of morpholine rings is 1. The summed E-state index contributed by atoms with van der Waals surface area (Å²) in [5.74, 6) is -0.00914. The highest BCUT2D eigenvalue weighted by molar-refractivity contribution is 7.15. The fourth-order valence-corrected chi connectivity index (χ4v) is 6.46. The van der Waals surface area contributed by atoms with E-state index < -0.39 is 0 Å². The first-order valence-electron chi connectivity index (χ1n) is 12.1. The number of allylic oxidation sites excluding steroid dienone is 4. The standard InChI is InChI=1S/C27H28N4O3S2/c1-18(25(32)29-27-30-28-17-35-27)24(20-5-3-2-4-6-20)23-12-11-22(36-23)19-7-9-21(10-8-19)26(33)31-13-15-34-16-14-31/h2-5,7-12,17-18,20,24H,6,13-16H2,1H3,(H,29,30,32)/t18-,20?,24-/m1/s1. The number of benzene rings is 1. The molecule has 0 spiro atoms. The Kier molecular flexibility index (Phi) is 7.69. The molecule has 3 aromatic rings. The smallest absolute Gasteiger partial charge is 0.254 e. The van der Waals surface area contributed by atoms with Crippen LogP contribution < -0.4 is 5.32 Å². The largest absolute Gasteiger partial charge is 0.378 e. The molecule has 5 rings (SSSR count). The molecule has 1 aliphatic carbocycles. The number of carbonyl (C=O) groups excluding carboxylic acids is 2. The van der Waals surface area contributed by atoms with Crippen LogP contribution in [-0.4, -0.2) is 53.2 Å². The van der Waals surface area contributed by atoms with Gasteiger partial charge >= 0.3 is 0 Å². The number of hydrogen-bond donors (Lipinski definition) is 1. The second kappa shape index (κ2) is 11.3. The molecule has 0 bridgehead atoms. The predicted octanol–water partition coefficient (Wildman–Crippen LogP) is 5.23. The molecule has 1 unspecified atom stereocenters. The van der Waals surface area contributed by atoms with Crippen LogP contribution in [0.5, 0.6) is 0 Å². The van der Waals surface area contributed by atoms with Crippen LogP contribution in [0.3, 0.4) is 0 Å². The molecule has 1 N–H and O–H groups in total. The fourth-order valence-electron chi connectivity index (χ4n) is 4.72. The van der Waals surface area contributed by atoms with Crippen molar-refractivity contribution in [2.75, 3.05) is 31.6 Å². The summed E-state index contributed by atoms with van der Waals surface area (Å²) in [4.78, 5) is 30.0. The first-order chi connectivity index (χ1) is 17.6. The number of nitrogens with zero attached hydrogens (tertiary/aromatic N) is 3. The number of thiophene rings is 1. The average molecular weight is 521 g/mol. The van der Waals surface area contributed by atoms with Crippen LogP contribution in [-0.2, 0) is 9.53 Å². The molecule has 9 heteroatoms. The van der Waals surface area contributed by atoms with E-state index in [1.165, 1.54) is 16.2 Å². The van der Waals surface area contributed by atoms with E-state index in [0.717, 1.165) is 16.9 Å². The number of anilines is 1. The van der Waals surface area contributed by atoms with Crippen LogP contribution in [0.1, 0.15) is 34.5 Å². The van der Waals surface area contributed by atoms with Crippen molar-refractivity contribution in [3.05, 3.63) is 76.7 Å². The van der Waals surface area contributed by atoms with Crippen LogP contribution in [0.2, 0.25) is 0 Å². The van der Waals surface area contributed by atoms with E-state index >= 15 is 0 Å². The minimum Gasteiger partial charge on any atom is -0.378 e. The lowest BCUT2D eigenvalue weighted by Gasteiger charge is -2.29. The Morgan fingerprint density at radius 1 is 1.11 bits per heavy atom. The van der Waals surface area contributed by atoms with Crippen LogP contribution in [0.25, 0.3) is 10.4 Å². The zero-order chi connectivity index (χ0) is 24.9. The SMILES string of the molecule is C[C@@H](C(=O)Nc1nncs1)[C@@H](c1ccc(-c2ccc(C(=O)N3CCOCC3)cc2)s1)C1C=CC=CC1. The molecular formula is C27H28N4O3S2. The van der Waals surface area contributed by atoms with E-state index in [4.69, 9.17) is 4.74 Å². The topological polar surface area (TPSA) is 84.4 Å². The van der Waals surface area contributed by atoms with Crippen molar-refractivity contribution in [1.82, 2.24) is 15.1 Å². The van der Waals surface area contributed by atoms with Gasteiger partial charge in [-0.1, -0.05) is 54.7 Å². The molecule has 1 fully saturated rings. The Morgan fingerprint density at radius 2 is 1.92 bits per heavy atom. The van der Waals surface area contributed by atoms with Crippen molar-refractivity contribution >= 4 is 39.6 Å². The molecule has 0 radical (unpaired) electrons. The zero-order valence-electron chi connectivity index (χ0n) is 20.0. The summed E-state index contributed by atoms with van der Waals surface area (Å²) in [6, 6.07) is 12.1. The molecule has 7 nitrogen and oxygen atoms in total. The Morgan fingerprint density at radius 3 is 2.61 bits per heavy atom. The molecule has 2 aromatic heterocycles. The monoisotopic (exact) mass is 520 g/mol. The molecule has 1 saturated heterocycles.